The monoisotopic (exact) mass is 272 g/mol. The SMILES string of the molecule is COc1cccc2c1[C@H]1C=C[C@H]3COC[C@H]3[C@]1(O)CC2. The van der Waals surface area contributed by atoms with Gasteiger partial charge < -0.3 is 14.6 Å². The highest BCUT2D eigenvalue weighted by Crippen LogP contribution is 2.53. The van der Waals surface area contributed by atoms with E-state index < -0.39 is 5.60 Å². The van der Waals surface area contributed by atoms with E-state index in [1.807, 2.05) is 12.1 Å². The van der Waals surface area contributed by atoms with Crippen molar-refractivity contribution in [3.05, 3.63) is 41.5 Å². The van der Waals surface area contributed by atoms with E-state index in [4.69, 9.17) is 9.47 Å². The molecule has 20 heavy (non-hydrogen) atoms. The summed E-state index contributed by atoms with van der Waals surface area (Å²) in [6.45, 7) is 1.42. The largest absolute Gasteiger partial charge is 0.496 e. The van der Waals surface area contributed by atoms with Gasteiger partial charge in [0.1, 0.15) is 5.75 Å². The van der Waals surface area contributed by atoms with Gasteiger partial charge in [0.05, 0.1) is 25.9 Å². The molecule has 0 aromatic heterocycles. The van der Waals surface area contributed by atoms with Crippen LogP contribution in [0.1, 0.15) is 23.5 Å². The number of benzene rings is 1. The zero-order valence-electron chi connectivity index (χ0n) is 11.7. The Morgan fingerprint density at radius 1 is 1.30 bits per heavy atom. The number of hydrogen-bond donors (Lipinski definition) is 1. The van der Waals surface area contributed by atoms with E-state index in [9.17, 15) is 5.11 Å². The predicted octanol–water partition coefficient (Wildman–Crippen LogP) is 2.29. The summed E-state index contributed by atoms with van der Waals surface area (Å²) in [6, 6.07) is 6.19. The molecule has 4 atom stereocenters. The summed E-state index contributed by atoms with van der Waals surface area (Å²) in [4.78, 5) is 0. The summed E-state index contributed by atoms with van der Waals surface area (Å²) in [7, 11) is 1.71. The first-order chi connectivity index (χ1) is 9.74. The minimum absolute atomic E-state index is 0.0327. The van der Waals surface area contributed by atoms with Gasteiger partial charge >= 0.3 is 0 Å². The Morgan fingerprint density at radius 3 is 3.05 bits per heavy atom. The summed E-state index contributed by atoms with van der Waals surface area (Å²) in [5.74, 6) is 1.51. The number of aliphatic hydroxyl groups is 1. The highest BCUT2D eigenvalue weighted by atomic mass is 16.5. The maximum atomic E-state index is 11.3. The van der Waals surface area contributed by atoms with Gasteiger partial charge in [0, 0.05) is 23.3 Å². The number of ether oxygens (including phenoxy) is 2. The number of methoxy groups -OCH3 is 1. The molecule has 2 aliphatic carbocycles. The number of rotatable bonds is 1. The van der Waals surface area contributed by atoms with Crippen molar-refractivity contribution >= 4 is 0 Å². The van der Waals surface area contributed by atoms with E-state index in [0.717, 1.165) is 25.2 Å². The summed E-state index contributed by atoms with van der Waals surface area (Å²) in [5.41, 5.74) is 1.80. The van der Waals surface area contributed by atoms with Crippen molar-refractivity contribution in [2.45, 2.75) is 24.4 Å². The fourth-order valence-corrected chi connectivity index (χ4v) is 4.29. The van der Waals surface area contributed by atoms with Crippen molar-refractivity contribution in [3.63, 3.8) is 0 Å². The smallest absolute Gasteiger partial charge is 0.123 e. The standard InChI is InChI=1S/C17H20O3/c1-19-15-4-2-3-11-7-8-17(18)13(16(11)15)6-5-12-9-20-10-14(12)17/h2-6,12-14,18H,7-10H2,1H3/t12-,13+,14+,17-/m0/s1. The Balaban J connectivity index is 1.87. The fraction of sp³-hybridized carbons (Fsp3) is 0.529. The van der Waals surface area contributed by atoms with Crippen LogP contribution in [0.4, 0.5) is 0 Å². The predicted molar refractivity (Wildman–Crippen MR) is 75.9 cm³/mol. The molecular formula is C17H20O3. The second kappa shape index (κ2) is 4.34. The Hall–Kier alpha value is -1.32. The van der Waals surface area contributed by atoms with E-state index in [1.54, 1.807) is 7.11 Å². The van der Waals surface area contributed by atoms with E-state index in [-0.39, 0.29) is 11.8 Å². The fourth-order valence-electron chi connectivity index (χ4n) is 4.29. The molecule has 3 nitrogen and oxygen atoms in total. The zero-order valence-corrected chi connectivity index (χ0v) is 11.7. The number of hydrogen-bond acceptors (Lipinski definition) is 3. The summed E-state index contributed by atoms with van der Waals surface area (Å²) < 4.78 is 11.1. The molecule has 0 spiro atoms. The van der Waals surface area contributed by atoms with Crippen LogP contribution in [0.3, 0.4) is 0 Å². The molecule has 0 bridgehead atoms. The molecule has 3 heteroatoms. The molecule has 1 aromatic carbocycles. The third kappa shape index (κ3) is 1.54. The second-order valence-electron chi connectivity index (χ2n) is 6.19. The average Bonchev–Trinajstić information content (AvgIpc) is 2.96. The molecule has 1 heterocycles. The van der Waals surface area contributed by atoms with Crippen LogP contribution in [-0.4, -0.2) is 31.0 Å². The molecular weight excluding hydrogens is 252 g/mol. The Labute approximate surface area is 119 Å². The first-order valence-corrected chi connectivity index (χ1v) is 7.38. The van der Waals surface area contributed by atoms with Gasteiger partial charge in [0.15, 0.2) is 0 Å². The molecule has 1 N–H and O–H groups in total. The van der Waals surface area contributed by atoms with E-state index >= 15 is 0 Å². The molecule has 4 rings (SSSR count). The van der Waals surface area contributed by atoms with Gasteiger partial charge in [-0.15, -0.1) is 0 Å². The van der Waals surface area contributed by atoms with E-state index in [1.165, 1.54) is 11.1 Å². The van der Waals surface area contributed by atoms with Crippen LogP contribution in [-0.2, 0) is 11.2 Å². The van der Waals surface area contributed by atoms with Gasteiger partial charge in [-0.1, -0.05) is 24.3 Å². The molecule has 3 aliphatic rings. The first kappa shape index (κ1) is 12.4. The van der Waals surface area contributed by atoms with Gasteiger partial charge in [-0.3, -0.25) is 0 Å². The zero-order chi connectivity index (χ0) is 13.7. The summed E-state index contributed by atoms with van der Waals surface area (Å²) in [6.07, 6.45) is 6.14. The van der Waals surface area contributed by atoms with Crippen LogP contribution >= 0.6 is 0 Å². The third-order valence-electron chi connectivity index (χ3n) is 5.34. The highest BCUT2D eigenvalue weighted by Gasteiger charge is 2.53. The number of fused-ring (bicyclic) bond motifs is 5. The van der Waals surface area contributed by atoms with Crippen LogP contribution in [0.15, 0.2) is 30.4 Å². The van der Waals surface area contributed by atoms with Crippen LogP contribution in [0.2, 0.25) is 0 Å². The molecule has 106 valence electrons. The lowest BCUT2D eigenvalue weighted by Crippen LogP contribution is -2.50. The minimum atomic E-state index is -0.683. The number of aryl methyl sites for hydroxylation is 1. The molecule has 0 unspecified atom stereocenters. The van der Waals surface area contributed by atoms with Gasteiger partial charge in [-0.2, -0.15) is 0 Å². The molecule has 1 saturated heterocycles. The Bertz CT molecular complexity index is 551. The van der Waals surface area contributed by atoms with Crippen LogP contribution in [0, 0.1) is 11.8 Å². The minimum Gasteiger partial charge on any atom is -0.496 e. The van der Waals surface area contributed by atoms with E-state index in [0.29, 0.717) is 12.5 Å². The molecule has 0 saturated carbocycles. The topological polar surface area (TPSA) is 38.7 Å². The van der Waals surface area contributed by atoms with Crippen molar-refractivity contribution in [1.82, 2.24) is 0 Å². The summed E-state index contributed by atoms with van der Waals surface area (Å²) >= 11 is 0. The Kier molecular flexibility index (Phi) is 2.69. The second-order valence-corrected chi connectivity index (χ2v) is 6.19. The van der Waals surface area contributed by atoms with Crippen molar-refractivity contribution in [2.75, 3.05) is 20.3 Å². The quantitative estimate of drug-likeness (QED) is 0.797. The highest BCUT2D eigenvalue weighted by molar-refractivity contribution is 5.49. The van der Waals surface area contributed by atoms with Crippen molar-refractivity contribution in [3.8, 4) is 5.75 Å². The summed E-state index contributed by atoms with van der Waals surface area (Å²) in [5, 5.41) is 11.3. The van der Waals surface area contributed by atoms with Crippen LogP contribution in [0.25, 0.3) is 0 Å². The molecule has 0 amide bonds. The lowest BCUT2D eigenvalue weighted by molar-refractivity contribution is -0.0581. The van der Waals surface area contributed by atoms with Crippen molar-refractivity contribution in [1.29, 1.82) is 0 Å². The average molecular weight is 272 g/mol. The van der Waals surface area contributed by atoms with Gasteiger partial charge in [-0.05, 0) is 24.5 Å². The molecule has 0 radical (unpaired) electrons. The maximum Gasteiger partial charge on any atom is 0.123 e. The van der Waals surface area contributed by atoms with Gasteiger partial charge in [-0.25, -0.2) is 0 Å². The first-order valence-electron chi connectivity index (χ1n) is 7.38. The normalized spacial score (nSPS) is 38.0. The van der Waals surface area contributed by atoms with Crippen molar-refractivity contribution < 1.29 is 14.6 Å². The lowest BCUT2D eigenvalue weighted by Gasteiger charge is -2.47. The molecule has 1 fully saturated rings. The molecule has 1 aliphatic heterocycles. The van der Waals surface area contributed by atoms with Gasteiger partial charge in [0.25, 0.3) is 0 Å². The van der Waals surface area contributed by atoms with Crippen LogP contribution < -0.4 is 4.74 Å². The van der Waals surface area contributed by atoms with E-state index in [2.05, 4.69) is 18.2 Å². The maximum absolute atomic E-state index is 11.3. The van der Waals surface area contributed by atoms with Crippen molar-refractivity contribution in [2.24, 2.45) is 11.8 Å². The Morgan fingerprint density at radius 2 is 2.20 bits per heavy atom. The lowest BCUT2D eigenvalue weighted by atomic mass is 9.60. The molecule has 1 aromatic rings. The van der Waals surface area contributed by atoms with Gasteiger partial charge in [0.2, 0.25) is 0 Å². The third-order valence-corrected chi connectivity index (χ3v) is 5.34. The van der Waals surface area contributed by atoms with Crippen LogP contribution in [0.5, 0.6) is 5.75 Å².